The van der Waals surface area contributed by atoms with Gasteiger partial charge in [-0.25, -0.2) is 4.98 Å². The fourth-order valence-corrected chi connectivity index (χ4v) is 1.90. The summed E-state index contributed by atoms with van der Waals surface area (Å²) in [7, 11) is 1.61. The molecule has 2 N–H and O–H groups in total. The number of aliphatic hydroxyl groups excluding tert-OH is 1. The Labute approximate surface area is 140 Å². The summed E-state index contributed by atoms with van der Waals surface area (Å²) >= 11 is 0. The Kier molecular flexibility index (Phi) is 6.65. The van der Waals surface area contributed by atoms with E-state index in [0.29, 0.717) is 6.61 Å². The van der Waals surface area contributed by atoms with E-state index in [4.69, 9.17) is 9.47 Å². The Hall–Kier alpha value is -2.51. The quantitative estimate of drug-likeness (QED) is 0.752. The van der Waals surface area contributed by atoms with E-state index in [-0.39, 0.29) is 24.8 Å². The van der Waals surface area contributed by atoms with Crippen LogP contribution >= 0.6 is 0 Å². The smallest absolute Gasteiger partial charge is 0.271 e. The zero-order valence-corrected chi connectivity index (χ0v) is 13.7. The van der Waals surface area contributed by atoms with E-state index in [9.17, 15) is 9.90 Å². The molecule has 7 heteroatoms. The Balaban J connectivity index is 1.68. The molecule has 24 heavy (non-hydrogen) atoms. The second kappa shape index (κ2) is 8.95. The van der Waals surface area contributed by atoms with E-state index in [1.165, 1.54) is 12.4 Å². The van der Waals surface area contributed by atoms with Gasteiger partial charge in [0.1, 0.15) is 11.4 Å². The molecule has 7 nitrogen and oxygen atoms in total. The van der Waals surface area contributed by atoms with Gasteiger partial charge in [-0.05, 0) is 24.6 Å². The Morgan fingerprint density at radius 1 is 1.25 bits per heavy atom. The van der Waals surface area contributed by atoms with Crippen LogP contribution in [0.1, 0.15) is 21.7 Å². The van der Waals surface area contributed by atoms with E-state index in [1.54, 1.807) is 14.0 Å². The number of rotatable bonds is 8. The number of nitrogens with one attached hydrogen (secondary N) is 1. The lowest BCUT2D eigenvalue weighted by Crippen LogP contribution is -2.35. The summed E-state index contributed by atoms with van der Waals surface area (Å²) in [4.78, 5) is 19.8. The molecule has 2 rings (SSSR count). The zero-order chi connectivity index (χ0) is 17.4. The van der Waals surface area contributed by atoms with E-state index < -0.39 is 6.10 Å². The summed E-state index contributed by atoms with van der Waals surface area (Å²) in [6.45, 7) is 2.36. The van der Waals surface area contributed by atoms with Gasteiger partial charge in [0.2, 0.25) is 0 Å². The number of hydrogen-bond acceptors (Lipinski definition) is 6. The maximum atomic E-state index is 11.8. The van der Waals surface area contributed by atoms with Crippen LogP contribution in [0.25, 0.3) is 0 Å². The van der Waals surface area contributed by atoms with E-state index >= 15 is 0 Å². The van der Waals surface area contributed by atoms with Crippen LogP contribution in [0.4, 0.5) is 0 Å². The van der Waals surface area contributed by atoms with Crippen molar-refractivity contribution in [3.8, 4) is 5.75 Å². The first-order chi connectivity index (χ1) is 11.6. The third-order valence-corrected chi connectivity index (χ3v) is 3.25. The van der Waals surface area contributed by atoms with Gasteiger partial charge in [-0.2, -0.15) is 0 Å². The third kappa shape index (κ3) is 5.60. The molecule has 0 saturated carbocycles. The van der Waals surface area contributed by atoms with Crippen LogP contribution in [-0.2, 0) is 11.3 Å². The number of aromatic nitrogens is 2. The average molecular weight is 331 g/mol. The molecular weight excluding hydrogens is 310 g/mol. The molecule has 0 radical (unpaired) electrons. The summed E-state index contributed by atoms with van der Waals surface area (Å²) in [6, 6.07) is 7.47. The van der Waals surface area contributed by atoms with Crippen molar-refractivity contribution < 1.29 is 19.4 Å². The number of aliphatic hydroxyl groups is 1. The Bertz CT molecular complexity index is 644. The standard InChI is InChI=1S/C17H21N3O4/c1-12-7-19-16(9-18-12)17(22)20-8-14(21)11-24-10-13-3-5-15(23-2)6-4-13/h3-7,9,14,21H,8,10-11H2,1-2H3,(H,20,22). The van der Waals surface area contributed by atoms with Crippen molar-refractivity contribution in [2.24, 2.45) is 0 Å². The van der Waals surface area contributed by atoms with Crippen LogP contribution in [0.5, 0.6) is 5.75 Å². The van der Waals surface area contributed by atoms with Gasteiger partial charge in [-0.3, -0.25) is 9.78 Å². The minimum Gasteiger partial charge on any atom is -0.497 e. The maximum Gasteiger partial charge on any atom is 0.271 e. The fourth-order valence-electron chi connectivity index (χ4n) is 1.90. The van der Waals surface area contributed by atoms with Crippen molar-refractivity contribution in [2.45, 2.75) is 19.6 Å². The van der Waals surface area contributed by atoms with Crippen LogP contribution in [-0.4, -0.2) is 47.3 Å². The monoisotopic (exact) mass is 331 g/mol. The van der Waals surface area contributed by atoms with Crippen LogP contribution in [0.2, 0.25) is 0 Å². The first-order valence-electron chi connectivity index (χ1n) is 7.54. The van der Waals surface area contributed by atoms with E-state index in [1.807, 2.05) is 24.3 Å². The summed E-state index contributed by atoms with van der Waals surface area (Å²) in [5.74, 6) is 0.400. The number of benzene rings is 1. The summed E-state index contributed by atoms with van der Waals surface area (Å²) < 4.78 is 10.5. The molecule has 0 aliphatic rings. The van der Waals surface area contributed by atoms with Gasteiger partial charge in [0, 0.05) is 12.7 Å². The lowest BCUT2D eigenvalue weighted by molar-refractivity contribution is 0.0284. The molecule has 0 fully saturated rings. The molecule has 1 heterocycles. The topological polar surface area (TPSA) is 93.6 Å². The molecule has 1 unspecified atom stereocenters. The first-order valence-corrected chi connectivity index (χ1v) is 7.54. The Morgan fingerprint density at radius 3 is 2.62 bits per heavy atom. The fraction of sp³-hybridized carbons (Fsp3) is 0.353. The zero-order valence-electron chi connectivity index (χ0n) is 13.7. The van der Waals surface area contributed by atoms with Gasteiger partial charge < -0.3 is 19.9 Å². The molecule has 1 atom stereocenters. The second-order valence-electron chi connectivity index (χ2n) is 5.27. The van der Waals surface area contributed by atoms with Crippen molar-refractivity contribution in [2.75, 3.05) is 20.3 Å². The van der Waals surface area contributed by atoms with Gasteiger partial charge in [0.05, 0.1) is 38.3 Å². The van der Waals surface area contributed by atoms with Crippen LogP contribution in [0.15, 0.2) is 36.7 Å². The molecule has 1 aromatic carbocycles. The van der Waals surface area contributed by atoms with Gasteiger partial charge in [0.15, 0.2) is 0 Å². The molecule has 0 bridgehead atoms. The van der Waals surface area contributed by atoms with Crippen molar-refractivity contribution in [1.82, 2.24) is 15.3 Å². The minimum atomic E-state index is -0.800. The van der Waals surface area contributed by atoms with Crippen molar-refractivity contribution in [3.05, 3.63) is 53.6 Å². The maximum absolute atomic E-state index is 11.8. The highest BCUT2D eigenvalue weighted by atomic mass is 16.5. The number of carbonyl (C=O) groups is 1. The number of hydrogen-bond donors (Lipinski definition) is 2. The number of aryl methyl sites for hydroxylation is 1. The van der Waals surface area contributed by atoms with Gasteiger partial charge >= 0.3 is 0 Å². The van der Waals surface area contributed by atoms with Crippen LogP contribution < -0.4 is 10.1 Å². The molecule has 0 saturated heterocycles. The highest BCUT2D eigenvalue weighted by Gasteiger charge is 2.10. The SMILES string of the molecule is COc1ccc(COCC(O)CNC(=O)c2cnc(C)cn2)cc1. The summed E-state index contributed by atoms with van der Waals surface area (Å²) in [5, 5.41) is 12.4. The molecule has 1 aromatic heterocycles. The normalized spacial score (nSPS) is 11.8. The van der Waals surface area contributed by atoms with Crippen molar-refractivity contribution in [1.29, 1.82) is 0 Å². The predicted molar refractivity (Wildman–Crippen MR) is 87.8 cm³/mol. The van der Waals surface area contributed by atoms with E-state index in [0.717, 1.165) is 17.0 Å². The van der Waals surface area contributed by atoms with E-state index in [2.05, 4.69) is 15.3 Å². The number of ether oxygens (including phenoxy) is 2. The molecular formula is C17H21N3O4. The third-order valence-electron chi connectivity index (χ3n) is 3.25. The summed E-state index contributed by atoms with van der Waals surface area (Å²) in [6.07, 6.45) is 2.12. The molecule has 128 valence electrons. The van der Waals surface area contributed by atoms with Gasteiger partial charge in [-0.1, -0.05) is 12.1 Å². The van der Waals surface area contributed by atoms with Gasteiger partial charge in [-0.15, -0.1) is 0 Å². The van der Waals surface area contributed by atoms with Crippen molar-refractivity contribution in [3.63, 3.8) is 0 Å². The van der Waals surface area contributed by atoms with Gasteiger partial charge in [0.25, 0.3) is 5.91 Å². The van der Waals surface area contributed by atoms with Crippen LogP contribution in [0.3, 0.4) is 0 Å². The highest BCUT2D eigenvalue weighted by molar-refractivity contribution is 5.91. The largest absolute Gasteiger partial charge is 0.497 e. The lowest BCUT2D eigenvalue weighted by Gasteiger charge is -2.12. The average Bonchev–Trinajstić information content (AvgIpc) is 2.61. The summed E-state index contributed by atoms with van der Waals surface area (Å²) in [5.41, 5.74) is 1.92. The Morgan fingerprint density at radius 2 is 2.00 bits per heavy atom. The number of methoxy groups -OCH3 is 1. The molecule has 0 spiro atoms. The molecule has 2 aromatic rings. The lowest BCUT2D eigenvalue weighted by atomic mass is 10.2. The van der Waals surface area contributed by atoms with Crippen molar-refractivity contribution >= 4 is 5.91 Å². The molecule has 0 aliphatic carbocycles. The number of carbonyl (C=O) groups excluding carboxylic acids is 1. The minimum absolute atomic E-state index is 0.0804. The van der Waals surface area contributed by atoms with Crippen LogP contribution in [0, 0.1) is 6.92 Å². The molecule has 1 amide bonds. The predicted octanol–water partition coefficient (Wildman–Crippen LogP) is 1.10. The second-order valence-corrected chi connectivity index (χ2v) is 5.27. The highest BCUT2D eigenvalue weighted by Crippen LogP contribution is 2.11. The number of amides is 1. The number of nitrogens with zero attached hydrogens (tertiary/aromatic N) is 2. The molecule has 0 aliphatic heterocycles. The first kappa shape index (κ1) is 17.8.